The van der Waals surface area contributed by atoms with Crippen molar-refractivity contribution in [1.82, 2.24) is 24.3 Å². The van der Waals surface area contributed by atoms with E-state index in [0.29, 0.717) is 50.4 Å². The number of nitrogens with zero attached hydrogens (tertiary/aromatic N) is 4. The molecule has 1 N–H and O–H groups in total. The van der Waals surface area contributed by atoms with E-state index in [0.717, 1.165) is 38.4 Å². The Balaban J connectivity index is 1.76. The van der Waals surface area contributed by atoms with Gasteiger partial charge in [0.2, 0.25) is 21.8 Å². The number of carbonyl (C=O) groups excluding carboxylic acids is 4. The zero-order valence-corrected chi connectivity index (χ0v) is 29.9. The molecule has 264 valence electrons. The van der Waals surface area contributed by atoms with Crippen molar-refractivity contribution in [1.29, 1.82) is 0 Å². The van der Waals surface area contributed by atoms with Crippen molar-refractivity contribution in [3.63, 3.8) is 0 Å². The van der Waals surface area contributed by atoms with E-state index >= 15 is 0 Å². The van der Waals surface area contributed by atoms with Crippen LogP contribution in [0.1, 0.15) is 76.1 Å². The number of sulfonamides is 1. The van der Waals surface area contributed by atoms with Crippen LogP contribution < -0.4 is 9.46 Å². The van der Waals surface area contributed by atoms with Crippen LogP contribution in [0.25, 0.3) is 0 Å². The molecule has 1 aromatic carbocycles. The van der Waals surface area contributed by atoms with Gasteiger partial charge in [-0.15, -0.1) is 0 Å². The second-order valence-corrected chi connectivity index (χ2v) is 15.8. The Morgan fingerprint density at radius 3 is 2.36 bits per heavy atom. The standard InChI is InChI=1S/C33H53N5O8S/c1-32(2,3)46-31(42)38-21-17-33(18-22-38)16-10-11-19-36(5)30(41)26(14-12-20-35(4)28(39)23-34-47(7,43)44)37(6)29(40)25-13-8-9-15-27(25)45-24-33/h8-9,13,15,26,34H,10-12,14,16-24H2,1-7H3/t26-/m0/s1. The second-order valence-electron chi connectivity index (χ2n) is 14.0. The van der Waals surface area contributed by atoms with Crippen molar-refractivity contribution in [2.24, 2.45) is 5.41 Å². The van der Waals surface area contributed by atoms with Gasteiger partial charge < -0.3 is 29.1 Å². The van der Waals surface area contributed by atoms with Crippen molar-refractivity contribution in [3.8, 4) is 5.75 Å². The molecule has 0 radical (unpaired) electrons. The van der Waals surface area contributed by atoms with Crippen molar-refractivity contribution in [2.45, 2.75) is 77.4 Å². The average molecular weight is 680 g/mol. The van der Waals surface area contributed by atoms with E-state index in [1.54, 1.807) is 49.1 Å². The lowest BCUT2D eigenvalue weighted by Crippen LogP contribution is -2.49. The van der Waals surface area contributed by atoms with E-state index in [9.17, 15) is 27.6 Å². The molecule has 13 nitrogen and oxygen atoms in total. The minimum atomic E-state index is -3.51. The number of amides is 4. The quantitative estimate of drug-likeness (QED) is 0.463. The van der Waals surface area contributed by atoms with E-state index in [-0.39, 0.29) is 36.4 Å². The van der Waals surface area contributed by atoms with Crippen molar-refractivity contribution >= 4 is 33.8 Å². The van der Waals surface area contributed by atoms with E-state index in [2.05, 4.69) is 4.72 Å². The zero-order valence-electron chi connectivity index (χ0n) is 29.0. The van der Waals surface area contributed by atoms with Crippen molar-refractivity contribution in [3.05, 3.63) is 29.8 Å². The van der Waals surface area contributed by atoms with Crippen LogP contribution in [0.5, 0.6) is 5.75 Å². The number of rotatable bonds is 7. The number of fused-ring (bicyclic) bond motifs is 1. The molecule has 0 aromatic heterocycles. The number of hydrogen-bond donors (Lipinski definition) is 1. The number of ether oxygens (including phenoxy) is 2. The first-order chi connectivity index (χ1) is 21.9. The van der Waals surface area contributed by atoms with E-state index in [1.807, 2.05) is 26.8 Å². The molecule has 1 spiro atoms. The van der Waals surface area contributed by atoms with E-state index < -0.39 is 27.6 Å². The monoisotopic (exact) mass is 679 g/mol. The molecule has 2 aliphatic rings. The average Bonchev–Trinajstić information content (AvgIpc) is 3.00. The first-order valence-corrected chi connectivity index (χ1v) is 18.2. The van der Waals surface area contributed by atoms with Crippen LogP contribution in [0.2, 0.25) is 0 Å². The zero-order chi connectivity index (χ0) is 35.0. The summed E-state index contributed by atoms with van der Waals surface area (Å²) in [5, 5.41) is 0. The third-order valence-electron chi connectivity index (χ3n) is 8.91. The number of likely N-dealkylation sites (N-methyl/N-ethyl adjacent to an activating group) is 3. The molecule has 3 rings (SSSR count). The molecule has 1 aromatic rings. The topological polar surface area (TPSA) is 146 Å². The largest absolute Gasteiger partial charge is 0.492 e. The normalized spacial score (nSPS) is 19.9. The van der Waals surface area contributed by atoms with Crippen LogP contribution in [0, 0.1) is 5.41 Å². The summed E-state index contributed by atoms with van der Waals surface area (Å²) >= 11 is 0. The lowest BCUT2D eigenvalue weighted by molar-refractivity contribution is -0.134. The highest BCUT2D eigenvalue weighted by Gasteiger charge is 2.38. The molecule has 1 fully saturated rings. The molecular formula is C33H53N5O8S. The van der Waals surface area contributed by atoms with Gasteiger partial charge in [0.15, 0.2) is 0 Å². The summed E-state index contributed by atoms with van der Waals surface area (Å²) in [5.41, 5.74) is -0.413. The number of piperidine rings is 1. The third kappa shape index (κ3) is 11.4. The fourth-order valence-corrected chi connectivity index (χ4v) is 6.34. The molecule has 0 unspecified atom stereocenters. The molecule has 2 aliphatic heterocycles. The minimum absolute atomic E-state index is 0.190. The van der Waals surface area contributed by atoms with E-state index in [1.165, 1.54) is 9.80 Å². The Labute approximate surface area is 279 Å². The SMILES string of the molecule is CN(CCC[C@H]1C(=O)N(C)CCCCC2(CCN(C(=O)OC(C)(C)C)CC2)COc2ccccc2C(=O)N1C)C(=O)CNS(C)(=O)=O. The number of nitrogens with one attached hydrogen (secondary N) is 1. The Kier molecular flexibility index (Phi) is 13.1. The highest BCUT2D eigenvalue weighted by atomic mass is 32.2. The summed E-state index contributed by atoms with van der Waals surface area (Å²) in [6.07, 6.45) is 5.36. The Hall–Kier alpha value is -3.39. The van der Waals surface area contributed by atoms with Crippen LogP contribution in [-0.2, 0) is 24.3 Å². The first kappa shape index (κ1) is 38.1. The van der Waals surface area contributed by atoms with Crippen LogP contribution in [0.4, 0.5) is 4.79 Å². The molecule has 0 aliphatic carbocycles. The number of carbonyl (C=O) groups is 4. The highest BCUT2D eigenvalue weighted by Crippen LogP contribution is 2.38. The molecule has 14 heteroatoms. The summed E-state index contributed by atoms with van der Waals surface area (Å²) in [5.74, 6) is -0.489. The molecule has 47 heavy (non-hydrogen) atoms. The van der Waals surface area contributed by atoms with Crippen molar-refractivity contribution in [2.75, 3.05) is 66.7 Å². The fraction of sp³-hybridized carbons (Fsp3) is 0.697. The Morgan fingerprint density at radius 1 is 1.06 bits per heavy atom. The van der Waals surface area contributed by atoms with Gasteiger partial charge in [0.25, 0.3) is 5.91 Å². The summed E-state index contributed by atoms with van der Waals surface area (Å²) in [7, 11) is 1.43. The second kappa shape index (κ2) is 16.1. The lowest BCUT2D eigenvalue weighted by atomic mass is 9.75. The summed E-state index contributed by atoms with van der Waals surface area (Å²) in [6.45, 7) is 7.52. The van der Waals surface area contributed by atoms with Gasteiger partial charge in [-0.2, -0.15) is 0 Å². The highest BCUT2D eigenvalue weighted by molar-refractivity contribution is 7.88. The van der Waals surface area contributed by atoms with Crippen LogP contribution in [0.3, 0.4) is 0 Å². The van der Waals surface area contributed by atoms with Crippen molar-refractivity contribution < 1.29 is 37.1 Å². The van der Waals surface area contributed by atoms with Gasteiger partial charge in [0.1, 0.15) is 17.4 Å². The Bertz CT molecular complexity index is 1370. The molecule has 2 heterocycles. The molecule has 1 atom stereocenters. The predicted molar refractivity (Wildman–Crippen MR) is 178 cm³/mol. The molecular weight excluding hydrogens is 626 g/mol. The van der Waals surface area contributed by atoms with E-state index in [4.69, 9.17) is 9.47 Å². The van der Waals surface area contributed by atoms with Gasteiger partial charge in [0, 0.05) is 52.7 Å². The van der Waals surface area contributed by atoms with Crippen LogP contribution in [-0.4, -0.2) is 130 Å². The predicted octanol–water partition coefficient (Wildman–Crippen LogP) is 2.95. The summed E-state index contributed by atoms with van der Waals surface area (Å²) in [4.78, 5) is 59.1. The summed E-state index contributed by atoms with van der Waals surface area (Å²) in [6, 6.07) is 6.27. The minimum Gasteiger partial charge on any atom is -0.492 e. The molecule has 0 bridgehead atoms. The number of likely N-dealkylation sites (tertiary alicyclic amines) is 1. The molecule has 4 amide bonds. The fourth-order valence-electron chi connectivity index (χ4n) is 5.96. The smallest absolute Gasteiger partial charge is 0.410 e. The van der Waals surface area contributed by atoms with Gasteiger partial charge >= 0.3 is 6.09 Å². The summed E-state index contributed by atoms with van der Waals surface area (Å²) < 4.78 is 36.9. The molecule has 0 saturated carbocycles. The molecule has 1 saturated heterocycles. The van der Waals surface area contributed by atoms with Gasteiger partial charge in [0.05, 0.1) is 25.0 Å². The Morgan fingerprint density at radius 2 is 1.72 bits per heavy atom. The van der Waals surface area contributed by atoms with Gasteiger partial charge in [-0.25, -0.2) is 17.9 Å². The number of benzene rings is 1. The maximum Gasteiger partial charge on any atom is 0.410 e. The number of hydrogen-bond acceptors (Lipinski definition) is 8. The van der Waals surface area contributed by atoms with Crippen LogP contribution in [0.15, 0.2) is 24.3 Å². The maximum absolute atomic E-state index is 13.9. The number of para-hydroxylation sites is 1. The third-order valence-corrected chi connectivity index (χ3v) is 9.58. The maximum atomic E-state index is 13.9. The van der Waals surface area contributed by atoms with Gasteiger partial charge in [-0.05, 0) is 71.4 Å². The van der Waals surface area contributed by atoms with Gasteiger partial charge in [-0.3, -0.25) is 14.4 Å². The van der Waals surface area contributed by atoms with Crippen LogP contribution >= 0.6 is 0 Å². The first-order valence-electron chi connectivity index (χ1n) is 16.3. The van der Waals surface area contributed by atoms with Gasteiger partial charge in [-0.1, -0.05) is 18.6 Å². The lowest BCUT2D eigenvalue weighted by Gasteiger charge is -2.42.